The fourth-order valence-corrected chi connectivity index (χ4v) is 2.17. The zero-order valence-electron chi connectivity index (χ0n) is 12.0. The van der Waals surface area contributed by atoms with Crippen LogP contribution in [0.25, 0.3) is 11.3 Å². The summed E-state index contributed by atoms with van der Waals surface area (Å²) in [4.78, 5) is 26.8. The van der Waals surface area contributed by atoms with Crippen LogP contribution in [0.5, 0.6) is 0 Å². The lowest BCUT2D eigenvalue weighted by Crippen LogP contribution is -2.07. The van der Waals surface area contributed by atoms with Crippen LogP contribution in [0.4, 0.5) is 0 Å². The highest BCUT2D eigenvalue weighted by Gasteiger charge is 2.15. The average Bonchev–Trinajstić information content (AvgIpc) is 2.79. The SMILES string of the molecule is CCCc1oc(C)nc1-c1cccc(C(=O)CC(=O)O)c1. The van der Waals surface area contributed by atoms with Crippen molar-refractivity contribution >= 4 is 11.8 Å². The Kier molecular flexibility index (Phi) is 4.52. The predicted molar refractivity (Wildman–Crippen MR) is 77.3 cm³/mol. The Morgan fingerprint density at radius 3 is 2.76 bits per heavy atom. The molecule has 0 saturated carbocycles. The quantitative estimate of drug-likeness (QED) is 0.651. The molecule has 5 nitrogen and oxygen atoms in total. The van der Waals surface area contributed by atoms with Crippen molar-refractivity contribution in [2.24, 2.45) is 0 Å². The molecule has 0 amide bonds. The number of hydrogen-bond donors (Lipinski definition) is 1. The van der Waals surface area contributed by atoms with E-state index in [0.717, 1.165) is 29.9 Å². The first kappa shape index (κ1) is 15.0. The first-order valence-corrected chi connectivity index (χ1v) is 6.83. The second-order valence-electron chi connectivity index (χ2n) is 4.83. The van der Waals surface area contributed by atoms with Gasteiger partial charge in [-0.2, -0.15) is 0 Å². The van der Waals surface area contributed by atoms with E-state index in [9.17, 15) is 9.59 Å². The number of carboxylic acids is 1. The van der Waals surface area contributed by atoms with Crippen LogP contribution in [0.15, 0.2) is 28.7 Å². The van der Waals surface area contributed by atoms with Gasteiger partial charge in [-0.1, -0.05) is 25.1 Å². The van der Waals surface area contributed by atoms with Gasteiger partial charge in [-0.05, 0) is 12.5 Å². The number of oxazole rings is 1. The maximum absolute atomic E-state index is 11.8. The molecule has 0 aliphatic heterocycles. The maximum atomic E-state index is 11.8. The highest BCUT2D eigenvalue weighted by atomic mass is 16.4. The first-order chi connectivity index (χ1) is 10.0. The second kappa shape index (κ2) is 6.35. The van der Waals surface area contributed by atoms with Crippen LogP contribution in [0.2, 0.25) is 0 Å². The summed E-state index contributed by atoms with van der Waals surface area (Å²) >= 11 is 0. The highest BCUT2D eigenvalue weighted by Crippen LogP contribution is 2.26. The standard InChI is InChI=1S/C16H17NO4/c1-3-5-14-16(17-10(2)21-14)12-7-4-6-11(8-12)13(18)9-15(19)20/h4,6-8H,3,5,9H2,1-2H3,(H,19,20). The van der Waals surface area contributed by atoms with Crippen LogP contribution in [0.1, 0.15) is 41.8 Å². The summed E-state index contributed by atoms with van der Waals surface area (Å²) in [6, 6.07) is 6.85. The number of rotatable bonds is 6. The van der Waals surface area contributed by atoms with E-state index >= 15 is 0 Å². The number of aryl methyl sites for hydroxylation is 2. The fourth-order valence-electron chi connectivity index (χ4n) is 2.17. The molecule has 0 bridgehead atoms. The van der Waals surface area contributed by atoms with Gasteiger partial charge in [-0.15, -0.1) is 0 Å². The Morgan fingerprint density at radius 1 is 1.33 bits per heavy atom. The minimum Gasteiger partial charge on any atom is -0.481 e. The Hall–Kier alpha value is -2.43. The monoisotopic (exact) mass is 287 g/mol. The normalized spacial score (nSPS) is 10.6. The van der Waals surface area contributed by atoms with Gasteiger partial charge in [0.15, 0.2) is 11.7 Å². The van der Waals surface area contributed by atoms with E-state index in [1.807, 2.05) is 6.07 Å². The van der Waals surface area contributed by atoms with Gasteiger partial charge in [-0.3, -0.25) is 9.59 Å². The minimum absolute atomic E-state index is 0.373. The third-order valence-corrected chi connectivity index (χ3v) is 3.05. The Morgan fingerprint density at radius 2 is 2.10 bits per heavy atom. The van der Waals surface area contributed by atoms with Crippen molar-refractivity contribution in [3.63, 3.8) is 0 Å². The summed E-state index contributed by atoms with van der Waals surface area (Å²) in [5, 5.41) is 8.70. The lowest BCUT2D eigenvalue weighted by molar-refractivity contribution is -0.135. The van der Waals surface area contributed by atoms with Crippen molar-refractivity contribution in [2.75, 3.05) is 0 Å². The molecular weight excluding hydrogens is 270 g/mol. The summed E-state index contributed by atoms with van der Waals surface area (Å²) in [7, 11) is 0. The number of carbonyl (C=O) groups is 2. The molecule has 21 heavy (non-hydrogen) atoms. The van der Waals surface area contributed by atoms with Gasteiger partial charge in [0.1, 0.15) is 17.9 Å². The summed E-state index contributed by atoms with van der Waals surface area (Å²) in [6.07, 6.45) is 1.19. The highest BCUT2D eigenvalue weighted by molar-refractivity contribution is 6.06. The Labute approximate surface area is 122 Å². The van der Waals surface area contributed by atoms with Crippen LogP contribution >= 0.6 is 0 Å². The largest absolute Gasteiger partial charge is 0.481 e. The number of ketones is 1. The minimum atomic E-state index is -1.13. The summed E-state index contributed by atoms with van der Waals surface area (Å²) < 4.78 is 5.58. The van der Waals surface area contributed by atoms with Crippen molar-refractivity contribution in [1.82, 2.24) is 4.98 Å². The van der Waals surface area contributed by atoms with Crippen molar-refractivity contribution in [3.05, 3.63) is 41.5 Å². The Balaban J connectivity index is 2.37. The van der Waals surface area contributed by atoms with Gasteiger partial charge < -0.3 is 9.52 Å². The molecule has 0 aliphatic rings. The van der Waals surface area contributed by atoms with Crippen LogP contribution in [0, 0.1) is 6.92 Å². The molecule has 5 heteroatoms. The molecule has 0 unspecified atom stereocenters. The number of nitrogens with zero attached hydrogens (tertiary/aromatic N) is 1. The van der Waals surface area contributed by atoms with Crippen molar-refractivity contribution < 1.29 is 19.1 Å². The molecule has 0 fully saturated rings. The maximum Gasteiger partial charge on any atom is 0.311 e. The molecule has 1 heterocycles. The smallest absolute Gasteiger partial charge is 0.311 e. The molecular formula is C16H17NO4. The number of benzene rings is 1. The predicted octanol–water partition coefficient (Wildman–Crippen LogP) is 3.26. The lowest BCUT2D eigenvalue weighted by Gasteiger charge is -2.03. The molecule has 0 spiro atoms. The fraction of sp³-hybridized carbons (Fsp3) is 0.312. The van der Waals surface area contributed by atoms with Crippen molar-refractivity contribution in [3.8, 4) is 11.3 Å². The van der Waals surface area contributed by atoms with Gasteiger partial charge in [0.2, 0.25) is 0 Å². The van der Waals surface area contributed by atoms with Crippen molar-refractivity contribution in [2.45, 2.75) is 33.1 Å². The lowest BCUT2D eigenvalue weighted by atomic mass is 10.0. The van der Waals surface area contributed by atoms with E-state index < -0.39 is 18.2 Å². The summed E-state index contributed by atoms with van der Waals surface area (Å²) in [5.41, 5.74) is 1.86. The Bertz CT molecular complexity index is 673. The second-order valence-corrected chi connectivity index (χ2v) is 4.83. The molecule has 1 aromatic heterocycles. The molecule has 0 radical (unpaired) electrons. The summed E-state index contributed by atoms with van der Waals surface area (Å²) in [6.45, 7) is 3.83. The van der Waals surface area contributed by atoms with Crippen molar-refractivity contribution in [1.29, 1.82) is 0 Å². The van der Waals surface area contributed by atoms with Crippen LogP contribution in [0.3, 0.4) is 0 Å². The van der Waals surface area contributed by atoms with Gasteiger partial charge in [-0.25, -0.2) is 4.98 Å². The summed E-state index contributed by atoms with van der Waals surface area (Å²) in [5.74, 6) is -0.176. The molecule has 2 rings (SSSR count). The van der Waals surface area contributed by atoms with Crippen LogP contribution < -0.4 is 0 Å². The van der Waals surface area contributed by atoms with E-state index in [0.29, 0.717) is 11.5 Å². The van der Waals surface area contributed by atoms with E-state index in [1.54, 1.807) is 25.1 Å². The van der Waals surface area contributed by atoms with Gasteiger partial charge >= 0.3 is 5.97 Å². The van der Waals surface area contributed by atoms with Crippen LogP contribution in [-0.4, -0.2) is 21.8 Å². The average molecular weight is 287 g/mol. The number of aliphatic carboxylic acids is 1. The molecule has 0 aliphatic carbocycles. The molecule has 0 saturated heterocycles. The number of Topliss-reactive ketones (excluding diaryl/α,β-unsaturated/α-hetero) is 1. The third kappa shape index (κ3) is 3.56. The van der Waals surface area contributed by atoms with Gasteiger partial charge in [0, 0.05) is 24.5 Å². The number of carbonyl (C=O) groups excluding carboxylic acids is 1. The van der Waals surface area contributed by atoms with E-state index in [1.165, 1.54) is 0 Å². The molecule has 2 aromatic rings. The van der Waals surface area contributed by atoms with E-state index in [-0.39, 0.29) is 0 Å². The van der Waals surface area contributed by atoms with Gasteiger partial charge in [0.05, 0.1) is 0 Å². The topological polar surface area (TPSA) is 80.4 Å². The van der Waals surface area contributed by atoms with Crippen LogP contribution in [-0.2, 0) is 11.2 Å². The number of carboxylic acid groups (broad SMARTS) is 1. The molecule has 110 valence electrons. The molecule has 0 atom stereocenters. The van der Waals surface area contributed by atoms with E-state index in [4.69, 9.17) is 9.52 Å². The zero-order chi connectivity index (χ0) is 15.4. The zero-order valence-corrected chi connectivity index (χ0v) is 12.0. The molecule has 1 N–H and O–H groups in total. The van der Waals surface area contributed by atoms with Gasteiger partial charge in [0.25, 0.3) is 0 Å². The number of hydrogen-bond acceptors (Lipinski definition) is 4. The molecule has 1 aromatic carbocycles. The first-order valence-electron chi connectivity index (χ1n) is 6.83. The third-order valence-electron chi connectivity index (χ3n) is 3.05. The van der Waals surface area contributed by atoms with E-state index in [2.05, 4.69) is 11.9 Å². The number of aromatic nitrogens is 1.